The van der Waals surface area contributed by atoms with Gasteiger partial charge in [0.1, 0.15) is 18.2 Å². The lowest BCUT2D eigenvalue weighted by Gasteiger charge is -2.37. The van der Waals surface area contributed by atoms with Gasteiger partial charge in [-0.15, -0.1) is 12.4 Å². The Hall–Kier alpha value is -2.25. The first kappa shape index (κ1) is 18.5. The zero-order chi connectivity index (χ0) is 17.1. The van der Waals surface area contributed by atoms with E-state index in [1.807, 2.05) is 36.5 Å². The number of aromatic nitrogens is 2. The molecular weight excluding hydrogens is 356 g/mol. The fraction of sp³-hybridized carbons (Fsp3) is 0.444. The van der Waals surface area contributed by atoms with Crippen molar-refractivity contribution in [3.63, 3.8) is 0 Å². The molecule has 4 rings (SSSR count). The molecule has 2 aliphatic rings. The Labute approximate surface area is 158 Å². The summed E-state index contributed by atoms with van der Waals surface area (Å²) >= 11 is 0. The molecule has 1 saturated heterocycles. The fourth-order valence-electron chi connectivity index (χ4n) is 3.46. The molecule has 7 nitrogen and oxygen atoms in total. The Morgan fingerprint density at radius 2 is 2.04 bits per heavy atom. The molecule has 1 fully saturated rings. The maximum Gasteiger partial charge on any atom is 0.248 e. The van der Waals surface area contributed by atoms with Gasteiger partial charge in [-0.3, -0.25) is 9.48 Å². The van der Waals surface area contributed by atoms with Crippen LogP contribution in [0.3, 0.4) is 0 Å². The number of hydrogen-bond donors (Lipinski definition) is 2. The largest absolute Gasteiger partial charge is 0.486 e. The molecule has 140 valence electrons. The van der Waals surface area contributed by atoms with Crippen LogP contribution in [0.15, 0.2) is 42.7 Å². The van der Waals surface area contributed by atoms with Gasteiger partial charge in [-0.1, -0.05) is 12.1 Å². The van der Waals surface area contributed by atoms with Crippen LogP contribution in [0.2, 0.25) is 0 Å². The van der Waals surface area contributed by atoms with Crippen molar-refractivity contribution in [2.75, 3.05) is 26.2 Å². The summed E-state index contributed by atoms with van der Waals surface area (Å²) in [6.45, 7) is 2.42. The Bertz CT molecular complexity index is 732. The molecule has 1 aromatic carbocycles. The number of halogens is 1. The van der Waals surface area contributed by atoms with Crippen molar-refractivity contribution in [2.24, 2.45) is 0 Å². The SMILES string of the molecule is Cl.O=C(NCC1COc2ccccc2O1)C1(n2cccn2)CCNCC1. The van der Waals surface area contributed by atoms with Gasteiger partial charge in [-0.2, -0.15) is 5.10 Å². The monoisotopic (exact) mass is 378 g/mol. The van der Waals surface area contributed by atoms with E-state index < -0.39 is 5.54 Å². The minimum atomic E-state index is -0.637. The molecule has 2 aliphatic heterocycles. The van der Waals surface area contributed by atoms with Gasteiger partial charge >= 0.3 is 0 Å². The van der Waals surface area contributed by atoms with E-state index in [0.29, 0.717) is 26.0 Å². The van der Waals surface area contributed by atoms with Crippen LogP contribution in [0.5, 0.6) is 11.5 Å². The van der Waals surface area contributed by atoms with Crippen molar-refractivity contribution in [1.29, 1.82) is 0 Å². The van der Waals surface area contributed by atoms with Crippen LogP contribution in [-0.4, -0.2) is 48.0 Å². The van der Waals surface area contributed by atoms with Crippen LogP contribution in [0.25, 0.3) is 0 Å². The highest BCUT2D eigenvalue weighted by Gasteiger charge is 2.42. The summed E-state index contributed by atoms with van der Waals surface area (Å²) in [5.41, 5.74) is -0.637. The Morgan fingerprint density at radius 1 is 1.27 bits per heavy atom. The topological polar surface area (TPSA) is 77.4 Å². The number of carbonyl (C=O) groups excluding carboxylic acids is 1. The zero-order valence-electron chi connectivity index (χ0n) is 14.4. The molecule has 1 amide bonds. The summed E-state index contributed by atoms with van der Waals surface area (Å²) < 4.78 is 13.4. The average molecular weight is 379 g/mol. The van der Waals surface area contributed by atoms with Crippen LogP contribution in [0.4, 0.5) is 0 Å². The quantitative estimate of drug-likeness (QED) is 0.839. The normalized spacial score (nSPS) is 20.7. The Balaban J connectivity index is 0.00000196. The summed E-state index contributed by atoms with van der Waals surface area (Å²) in [7, 11) is 0. The highest BCUT2D eigenvalue weighted by molar-refractivity contribution is 5.85. The lowest BCUT2D eigenvalue weighted by atomic mass is 9.87. The molecule has 1 unspecified atom stereocenters. The summed E-state index contributed by atoms with van der Waals surface area (Å²) in [6.07, 6.45) is 4.81. The number of hydrogen-bond acceptors (Lipinski definition) is 5. The third-order valence-electron chi connectivity index (χ3n) is 4.85. The number of benzene rings is 1. The van der Waals surface area contributed by atoms with Gasteiger partial charge in [-0.05, 0) is 44.1 Å². The zero-order valence-corrected chi connectivity index (χ0v) is 15.2. The maximum absolute atomic E-state index is 13.0. The van der Waals surface area contributed by atoms with Gasteiger partial charge in [0.25, 0.3) is 0 Å². The molecule has 8 heteroatoms. The number of rotatable bonds is 4. The molecule has 1 atom stereocenters. The van der Waals surface area contributed by atoms with Crippen LogP contribution in [-0.2, 0) is 10.3 Å². The molecular formula is C18H23ClN4O3. The molecule has 0 radical (unpaired) electrons. The smallest absolute Gasteiger partial charge is 0.248 e. The molecule has 26 heavy (non-hydrogen) atoms. The number of para-hydroxylation sites is 2. The van der Waals surface area contributed by atoms with Gasteiger partial charge in [0, 0.05) is 12.4 Å². The predicted octanol–water partition coefficient (Wildman–Crippen LogP) is 1.34. The lowest BCUT2D eigenvalue weighted by Crippen LogP contribution is -2.56. The van der Waals surface area contributed by atoms with Crippen LogP contribution >= 0.6 is 12.4 Å². The Morgan fingerprint density at radius 3 is 2.77 bits per heavy atom. The number of nitrogens with one attached hydrogen (secondary N) is 2. The van der Waals surface area contributed by atoms with Gasteiger partial charge in [0.05, 0.1) is 6.54 Å². The molecule has 2 N–H and O–H groups in total. The van der Waals surface area contributed by atoms with E-state index >= 15 is 0 Å². The maximum atomic E-state index is 13.0. The van der Waals surface area contributed by atoms with E-state index in [0.717, 1.165) is 24.6 Å². The summed E-state index contributed by atoms with van der Waals surface area (Å²) in [6, 6.07) is 9.43. The van der Waals surface area contributed by atoms with Gasteiger partial charge in [0.2, 0.25) is 5.91 Å². The minimum Gasteiger partial charge on any atom is -0.486 e. The average Bonchev–Trinajstić information content (AvgIpc) is 3.22. The lowest BCUT2D eigenvalue weighted by molar-refractivity contribution is -0.132. The number of piperidine rings is 1. The van der Waals surface area contributed by atoms with E-state index in [1.165, 1.54) is 0 Å². The fourth-order valence-corrected chi connectivity index (χ4v) is 3.46. The van der Waals surface area contributed by atoms with E-state index in [-0.39, 0.29) is 24.4 Å². The van der Waals surface area contributed by atoms with Crippen LogP contribution in [0, 0.1) is 0 Å². The number of carbonyl (C=O) groups is 1. The summed E-state index contributed by atoms with van der Waals surface area (Å²) in [4.78, 5) is 13.0. The molecule has 3 heterocycles. The second kappa shape index (κ2) is 7.97. The molecule has 0 saturated carbocycles. The second-order valence-electron chi connectivity index (χ2n) is 6.44. The highest BCUT2D eigenvalue weighted by Crippen LogP contribution is 2.31. The molecule has 0 bridgehead atoms. The van der Waals surface area contributed by atoms with Crippen LogP contribution < -0.4 is 20.1 Å². The van der Waals surface area contributed by atoms with E-state index in [1.54, 1.807) is 10.9 Å². The van der Waals surface area contributed by atoms with Crippen molar-refractivity contribution >= 4 is 18.3 Å². The van der Waals surface area contributed by atoms with Gasteiger partial charge < -0.3 is 20.1 Å². The third-order valence-corrected chi connectivity index (χ3v) is 4.85. The van der Waals surface area contributed by atoms with Crippen molar-refractivity contribution in [1.82, 2.24) is 20.4 Å². The van der Waals surface area contributed by atoms with Crippen molar-refractivity contribution in [3.05, 3.63) is 42.7 Å². The van der Waals surface area contributed by atoms with E-state index in [2.05, 4.69) is 15.7 Å². The molecule has 0 aliphatic carbocycles. The first-order valence-electron chi connectivity index (χ1n) is 8.66. The standard InChI is InChI=1S/C18H22N4O3.ClH/c23-17(18(6-9-19-10-7-18)22-11-3-8-21-22)20-12-14-13-24-15-4-1-2-5-16(15)25-14;/h1-5,8,11,14,19H,6-7,9-10,12-13H2,(H,20,23);1H. The minimum absolute atomic E-state index is 0. The number of ether oxygens (including phenoxy) is 2. The first-order valence-corrected chi connectivity index (χ1v) is 8.66. The second-order valence-corrected chi connectivity index (χ2v) is 6.44. The first-order chi connectivity index (χ1) is 12.3. The third kappa shape index (κ3) is 3.50. The molecule has 2 aromatic rings. The Kier molecular flexibility index (Phi) is 5.68. The van der Waals surface area contributed by atoms with Crippen molar-refractivity contribution in [3.8, 4) is 11.5 Å². The molecule has 1 aromatic heterocycles. The number of amides is 1. The number of fused-ring (bicyclic) bond motifs is 1. The van der Waals surface area contributed by atoms with Crippen molar-refractivity contribution < 1.29 is 14.3 Å². The highest BCUT2D eigenvalue weighted by atomic mass is 35.5. The van der Waals surface area contributed by atoms with E-state index in [4.69, 9.17) is 9.47 Å². The number of nitrogens with zero attached hydrogens (tertiary/aromatic N) is 2. The van der Waals surface area contributed by atoms with Crippen LogP contribution in [0.1, 0.15) is 12.8 Å². The summed E-state index contributed by atoms with van der Waals surface area (Å²) in [5.74, 6) is 1.45. The summed E-state index contributed by atoms with van der Waals surface area (Å²) in [5, 5.41) is 10.7. The van der Waals surface area contributed by atoms with E-state index in [9.17, 15) is 4.79 Å². The molecule has 0 spiro atoms. The predicted molar refractivity (Wildman–Crippen MR) is 98.9 cm³/mol. The van der Waals surface area contributed by atoms with Gasteiger partial charge in [-0.25, -0.2) is 0 Å². The van der Waals surface area contributed by atoms with Gasteiger partial charge in [0.15, 0.2) is 11.5 Å². The van der Waals surface area contributed by atoms with Crippen molar-refractivity contribution in [2.45, 2.75) is 24.5 Å².